The van der Waals surface area contributed by atoms with Crippen molar-refractivity contribution in [3.05, 3.63) is 23.9 Å². The number of hydrogen-bond donors (Lipinski definition) is 1. The molecule has 1 N–H and O–H groups in total. The van der Waals surface area contributed by atoms with Crippen LogP contribution in [0.15, 0.2) is 23.3 Å². The van der Waals surface area contributed by atoms with Crippen molar-refractivity contribution in [3.63, 3.8) is 0 Å². The number of nitrogens with zero attached hydrogens (tertiary/aromatic N) is 4. The van der Waals surface area contributed by atoms with Crippen molar-refractivity contribution < 1.29 is 8.42 Å². The summed E-state index contributed by atoms with van der Waals surface area (Å²) >= 11 is 0. The van der Waals surface area contributed by atoms with Crippen molar-refractivity contribution >= 4 is 21.6 Å². The first kappa shape index (κ1) is 20.9. The maximum absolute atomic E-state index is 12.2. The molecule has 0 radical (unpaired) electrons. The van der Waals surface area contributed by atoms with Gasteiger partial charge in [0.25, 0.3) is 0 Å². The highest BCUT2D eigenvalue weighted by molar-refractivity contribution is 7.92. The van der Waals surface area contributed by atoms with E-state index in [1.807, 2.05) is 11.1 Å². The Bertz CT molecular complexity index is 796. The lowest BCUT2D eigenvalue weighted by atomic mass is 9.99. The Morgan fingerprint density at radius 1 is 1.29 bits per heavy atom. The van der Waals surface area contributed by atoms with Crippen molar-refractivity contribution in [1.82, 2.24) is 15.2 Å². The van der Waals surface area contributed by atoms with Gasteiger partial charge in [0.2, 0.25) is 0 Å². The van der Waals surface area contributed by atoms with Crippen LogP contribution in [-0.4, -0.2) is 68.0 Å². The fraction of sp³-hybridized carbons (Fsp3) is 0.700. The highest BCUT2D eigenvalue weighted by atomic mass is 32.2. The van der Waals surface area contributed by atoms with E-state index in [2.05, 4.69) is 39.2 Å². The molecule has 0 amide bonds. The van der Waals surface area contributed by atoms with E-state index in [9.17, 15) is 8.42 Å². The third-order valence-corrected chi connectivity index (χ3v) is 8.46. The summed E-state index contributed by atoms with van der Waals surface area (Å²) < 4.78 is 23.7. The molecule has 1 aromatic rings. The van der Waals surface area contributed by atoms with Gasteiger partial charge < -0.3 is 15.1 Å². The number of aromatic nitrogens is 1. The van der Waals surface area contributed by atoms with Crippen molar-refractivity contribution in [1.29, 1.82) is 0 Å². The van der Waals surface area contributed by atoms with Crippen LogP contribution in [0.1, 0.15) is 39.2 Å². The molecule has 2 aliphatic rings. The van der Waals surface area contributed by atoms with Gasteiger partial charge in [-0.25, -0.2) is 13.4 Å². The van der Waals surface area contributed by atoms with Crippen molar-refractivity contribution in [3.8, 4) is 0 Å². The zero-order valence-electron chi connectivity index (χ0n) is 17.5. The van der Waals surface area contributed by atoms with E-state index in [4.69, 9.17) is 0 Å². The molecule has 0 unspecified atom stereocenters. The zero-order valence-corrected chi connectivity index (χ0v) is 18.3. The zero-order chi connectivity index (χ0) is 20.4. The van der Waals surface area contributed by atoms with Crippen LogP contribution < -0.4 is 10.2 Å². The first-order valence-corrected chi connectivity index (χ1v) is 11.7. The van der Waals surface area contributed by atoms with Crippen LogP contribution >= 0.6 is 0 Å². The molecule has 8 heteroatoms. The van der Waals surface area contributed by atoms with Crippen LogP contribution in [0.3, 0.4) is 0 Å². The van der Waals surface area contributed by atoms with Crippen molar-refractivity contribution in [2.45, 2.75) is 44.9 Å². The third-order valence-electron chi connectivity index (χ3n) is 5.92. The number of anilines is 1. The van der Waals surface area contributed by atoms with Gasteiger partial charge in [-0.2, -0.15) is 0 Å². The summed E-state index contributed by atoms with van der Waals surface area (Å²) in [5.74, 6) is 2.74. The Labute approximate surface area is 169 Å². The maximum atomic E-state index is 12.2. The summed E-state index contributed by atoms with van der Waals surface area (Å²) in [6.45, 7) is 9.55. The minimum atomic E-state index is -3.06. The summed E-state index contributed by atoms with van der Waals surface area (Å²) in [6.07, 6.45) is 4.37. The topological polar surface area (TPSA) is 77.9 Å². The Balaban J connectivity index is 1.57. The molecule has 7 nitrogen and oxygen atoms in total. The van der Waals surface area contributed by atoms with Crippen LogP contribution in [0.2, 0.25) is 0 Å². The Morgan fingerprint density at radius 3 is 2.57 bits per heavy atom. The van der Waals surface area contributed by atoms with E-state index in [0.717, 1.165) is 36.3 Å². The van der Waals surface area contributed by atoms with E-state index in [0.29, 0.717) is 19.6 Å². The second kappa shape index (κ2) is 8.27. The average molecular weight is 408 g/mol. The average Bonchev–Trinajstić information content (AvgIpc) is 2.66. The molecule has 28 heavy (non-hydrogen) atoms. The van der Waals surface area contributed by atoms with Crippen molar-refractivity contribution in [2.24, 2.45) is 10.9 Å². The minimum Gasteiger partial charge on any atom is -0.357 e. The highest BCUT2D eigenvalue weighted by Crippen LogP contribution is 2.24. The van der Waals surface area contributed by atoms with Gasteiger partial charge in [0, 0.05) is 46.0 Å². The Hall–Kier alpha value is -1.83. The number of pyridine rings is 1. The highest BCUT2D eigenvalue weighted by Gasteiger charge is 2.40. The van der Waals surface area contributed by atoms with Gasteiger partial charge in [-0.1, -0.05) is 13.0 Å². The van der Waals surface area contributed by atoms with Crippen LogP contribution in [0.5, 0.6) is 0 Å². The monoisotopic (exact) mass is 407 g/mol. The number of guanidine groups is 1. The lowest BCUT2D eigenvalue weighted by Crippen LogP contribution is -2.57. The normalized spacial score (nSPS) is 22.9. The number of aliphatic imine (C=N–C) groups is 1. The molecule has 2 fully saturated rings. The number of sulfone groups is 1. The van der Waals surface area contributed by atoms with Crippen LogP contribution in [0, 0.1) is 5.92 Å². The largest absolute Gasteiger partial charge is 0.357 e. The van der Waals surface area contributed by atoms with E-state index >= 15 is 0 Å². The molecule has 3 heterocycles. The van der Waals surface area contributed by atoms with Gasteiger partial charge in [0.05, 0.1) is 10.5 Å². The summed E-state index contributed by atoms with van der Waals surface area (Å²) in [5, 5.41) is 3.35. The van der Waals surface area contributed by atoms with Gasteiger partial charge in [-0.3, -0.25) is 4.99 Å². The standard InChI is InChI=1S/C20H33N5O2S/c1-16-7-9-24(10-8-16)18-6-5-17(13-22-18)14-23-19(21-4)25-11-12-28(26,27)20(2,3)15-25/h5-6,13,16H,7-12,14-15H2,1-4H3,(H,21,23). The maximum Gasteiger partial charge on any atom is 0.193 e. The van der Waals surface area contributed by atoms with E-state index < -0.39 is 14.6 Å². The van der Waals surface area contributed by atoms with Gasteiger partial charge >= 0.3 is 0 Å². The fourth-order valence-electron chi connectivity index (χ4n) is 3.78. The number of piperidine rings is 1. The molecule has 1 aromatic heterocycles. The van der Waals surface area contributed by atoms with E-state index in [1.54, 1.807) is 20.9 Å². The molecule has 0 aliphatic carbocycles. The quantitative estimate of drug-likeness (QED) is 0.609. The SMILES string of the molecule is CN=C(NCc1ccc(N2CCC(C)CC2)nc1)N1CCS(=O)(=O)C(C)(C)C1. The molecule has 156 valence electrons. The smallest absolute Gasteiger partial charge is 0.193 e. The van der Waals surface area contributed by atoms with Crippen LogP contribution in [0.25, 0.3) is 0 Å². The summed E-state index contributed by atoms with van der Waals surface area (Å²) in [5.41, 5.74) is 1.08. The second-order valence-electron chi connectivity index (χ2n) is 8.60. The third kappa shape index (κ3) is 4.59. The summed E-state index contributed by atoms with van der Waals surface area (Å²) in [6, 6.07) is 4.19. The molecule has 0 bridgehead atoms. The van der Waals surface area contributed by atoms with Crippen LogP contribution in [0.4, 0.5) is 5.82 Å². The number of hydrogen-bond acceptors (Lipinski definition) is 5. The number of nitrogens with one attached hydrogen (secondary N) is 1. The molecule has 2 aliphatic heterocycles. The lowest BCUT2D eigenvalue weighted by molar-refractivity contribution is 0.353. The van der Waals surface area contributed by atoms with Gasteiger partial charge in [0.1, 0.15) is 5.82 Å². The Morgan fingerprint density at radius 2 is 2.00 bits per heavy atom. The number of rotatable bonds is 3. The molecule has 0 saturated carbocycles. The predicted octanol–water partition coefficient (Wildman–Crippen LogP) is 1.90. The molecular weight excluding hydrogens is 374 g/mol. The van der Waals surface area contributed by atoms with E-state index in [-0.39, 0.29) is 5.75 Å². The molecule has 0 aromatic carbocycles. The van der Waals surface area contributed by atoms with E-state index in [1.165, 1.54) is 12.8 Å². The molecule has 0 spiro atoms. The molecule has 3 rings (SSSR count). The Kier molecular flexibility index (Phi) is 6.17. The predicted molar refractivity (Wildman–Crippen MR) is 114 cm³/mol. The second-order valence-corrected chi connectivity index (χ2v) is 11.3. The molecule has 2 saturated heterocycles. The molecular formula is C20H33N5O2S. The van der Waals surface area contributed by atoms with Crippen LogP contribution in [-0.2, 0) is 16.4 Å². The summed E-state index contributed by atoms with van der Waals surface area (Å²) in [7, 11) is -1.33. The first-order valence-electron chi connectivity index (χ1n) is 10.1. The van der Waals surface area contributed by atoms with Gasteiger partial charge in [0.15, 0.2) is 15.8 Å². The fourth-order valence-corrected chi connectivity index (χ4v) is 5.15. The lowest BCUT2D eigenvalue weighted by Gasteiger charge is -2.39. The first-order chi connectivity index (χ1) is 13.2. The summed E-state index contributed by atoms with van der Waals surface area (Å²) in [4.78, 5) is 13.4. The van der Waals surface area contributed by atoms with Crippen molar-refractivity contribution in [2.75, 3.05) is 43.9 Å². The molecule has 0 atom stereocenters. The van der Waals surface area contributed by atoms with Gasteiger partial charge in [-0.05, 0) is 44.2 Å². The van der Waals surface area contributed by atoms with Gasteiger partial charge in [-0.15, -0.1) is 0 Å². The minimum absolute atomic E-state index is 0.158.